The molecule has 1 aliphatic rings. The fourth-order valence-electron chi connectivity index (χ4n) is 3.93. The Kier molecular flexibility index (Phi) is 7.50. The third kappa shape index (κ3) is 5.86. The van der Waals surface area contributed by atoms with Crippen LogP contribution in [0.25, 0.3) is 11.5 Å². The van der Waals surface area contributed by atoms with Gasteiger partial charge in [0.1, 0.15) is 6.26 Å². The highest BCUT2D eigenvalue weighted by molar-refractivity contribution is 5.92. The van der Waals surface area contributed by atoms with Gasteiger partial charge in [-0.05, 0) is 36.1 Å². The predicted octanol–water partition coefficient (Wildman–Crippen LogP) is 5.07. The highest BCUT2D eigenvalue weighted by Gasteiger charge is 2.21. The van der Waals surface area contributed by atoms with Crippen LogP contribution in [0.4, 0.5) is 4.39 Å². The van der Waals surface area contributed by atoms with Crippen LogP contribution in [0.5, 0.6) is 0 Å². The second-order valence-corrected chi connectivity index (χ2v) is 8.29. The van der Waals surface area contributed by atoms with Crippen LogP contribution in [0.15, 0.2) is 65.3 Å². The average Bonchev–Trinajstić information content (AvgIpc) is 3.33. The number of amides is 2. The molecule has 3 aromatic rings. The first kappa shape index (κ1) is 22.7. The lowest BCUT2D eigenvalue weighted by molar-refractivity contribution is -0.126. The van der Waals surface area contributed by atoms with Crippen LogP contribution in [0, 0.1) is 0 Å². The van der Waals surface area contributed by atoms with E-state index in [0.717, 1.165) is 49.9 Å². The number of hydrogen-bond donors (Lipinski definition) is 1. The minimum absolute atomic E-state index is 0.0922. The van der Waals surface area contributed by atoms with Crippen molar-refractivity contribution < 1.29 is 18.4 Å². The summed E-state index contributed by atoms with van der Waals surface area (Å²) in [4.78, 5) is 31.2. The van der Waals surface area contributed by atoms with Crippen LogP contribution in [0.3, 0.4) is 0 Å². The first-order valence-electron chi connectivity index (χ1n) is 11.4. The van der Waals surface area contributed by atoms with Crippen molar-refractivity contribution in [2.75, 3.05) is 13.1 Å². The van der Waals surface area contributed by atoms with Gasteiger partial charge in [-0.1, -0.05) is 61.7 Å². The maximum atomic E-state index is 14.3. The number of alkyl halides is 1. The number of nitrogens with zero attached hydrogens (tertiary/aromatic N) is 2. The van der Waals surface area contributed by atoms with E-state index in [0.29, 0.717) is 17.1 Å². The standard InChI is InChI=1S/C26H28FN3O3/c27-23(20-9-5-4-6-10-20)24(31)28-17-19-11-13-21(14-12-19)25-29-22(18-33-25)26(32)30-15-7-2-1-3-8-16-30/h4-6,9-14,18,23H,1-3,7-8,15-17H2,(H,28,31). The maximum Gasteiger partial charge on any atom is 0.275 e. The van der Waals surface area contributed by atoms with Gasteiger partial charge in [-0.25, -0.2) is 9.37 Å². The van der Waals surface area contributed by atoms with Crippen LogP contribution in [0.1, 0.15) is 59.9 Å². The maximum absolute atomic E-state index is 14.3. The molecule has 1 unspecified atom stereocenters. The van der Waals surface area contributed by atoms with E-state index in [1.54, 1.807) is 30.3 Å². The molecule has 172 valence electrons. The van der Waals surface area contributed by atoms with Crippen molar-refractivity contribution in [3.8, 4) is 11.5 Å². The molecule has 2 heterocycles. The van der Waals surface area contributed by atoms with Crippen LogP contribution >= 0.6 is 0 Å². The fourth-order valence-corrected chi connectivity index (χ4v) is 3.93. The molecule has 1 N–H and O–H groups in total. The molecule has 1 fully saturated rings. The number of benzene rings is 2. The number of carbonyl (C=O) groups excluding carboxylic acids is 2. The lowest BCUT2D eigenvalue weighted by Gasteiger charge is -2.23. The number of likely N-dealkylation sites (tertiary alicyclic amines) is 1. The Morgan fingerprint density at radius 1 is 0.970 bits per heavy atom. The van der Waals surface area contributed by atoms with Crippen molar-refractivity contribution in [1.29, 1.82) is 0 Å². The van der Waals surface area contributed by atoms with Crippen molar-refractivity contribution in [3.63, 3.8) is 0 Å². The summed E-state index contributed by atoms with van der Waals surface area (Å²) in [7, 11) is 0. The second-order valence-electron chi connectivity index (χ2n) is 8.29. The van der Waals surface area contributed by atoms with Crippen molar-refractivity contribution in [2.24, 2.45) is 0 Å². The smallest absolute Gasteiger partial charge is 0.275 e. The molecule has 0 bridgehead atoms. The third-order valence-electron chi connectivity index (χ3n) is 5.86. The van der Waals surface area contributed by atoms with Crippen LogP contribution in [-0.2, 0) is 11.3 Å². The zero-order valence-electron chi connectivity index (χ0n) is 18.5. The van der Waals surface area contributed by atoms with E-state index in [1.807, 2.05) is 29.2 Å². The minimum Gasteiger partial charge on any atom is -0.444 e. The summed E-state index contributed by atoms with van der Waals surface area (Å²) in [5.41, 5.74) is 2.19. The Hall–Kier alpha value is -3.48. The molecular weight excluding hydrogens is 421 g/mol. The summed E-state index contributed by atoms with van der Waals surface area (Å²) in [6, 6.07) is 15.6. The predicted molar refractivity (Wildman–Crippen MR) is 123 cm³/mol. The van der Waals surface area contributed by atoms with Gasteiger partial charge in [-0.3, -0.25) is 9.59 Å². The molecule has 0 radical (unpaired) electrons. The van der Waals surface area contributed by atoms with E-state index in [1.165, 1.54) is 12.7 Å². The topological polar surface area (TPSA) is 75.4 Å². The number of oxazole rings is 1. The fraction of sp³-hybridized carbons (Fsp3) is 0.346. The average molecular weight is 450 g/mol. The van der Waals surface area contributed by atoms with Crippen LogP contribution in [0.2, 0.25) is 0 Å². The molecule has 1 saturated heterocycles. The number of halogens is 1. The number of hydrogen-bond acceptors (Lipinski definition) is 4. The monoisotopic (exact) mass is 449 g/mol. The Labute approximate surface area is 192 Å². The van der Waals surface area contributed by atoms with E-state index in [-0.39, 0.29) is 12.5 Å². The highest BCUT2D eigenvalue weighted by Crippen LogP contribution is 2.21. The number of aromatic nitrogens is 1. The van der Waals surface area contributed by atoms with Gasteiger partial charge in [-0.2, -0.15) is 0 Å². The van der Waals surface area contributed by atoms with Crippen molar-refractivity contribution in [3.05, 3.63) is 77.7 Å². The van der Waals surface area contributed by atoms with E-state index in [4.69, 9.17) is 4.42 Å². The van der Waals surface area contributed by atoms with Gasteiger partial charge in [-0.15, -0.1) is 0 Å². The van der Waals surface area contributed by atoms with E-state index < -0.39 is 12.1 Å². The second kappa shape index (κ2) is 10.9. The van der Waals surface area contributed by atoms with Gasteiger partial charge in [0, 0.05) is 25.2 Å². The molecular formula is C26H28FN3O3. The first-order chi connectivity index (χ1) is 16.1. The van der Waals surface area contributed by atoms with Crippen molar-refractivity contribution >= 4 is 11.8 Å². The van der Waals surface area contributed by atoms with E-state index in [9.17, 15) is 14.0 Å². The van der Waals surface area contributed by atoms with Gasteiger partial charge >= 0.3 is 0 Å². The highest BCUT2D eigenvalue weighted by atomic mass is 19.1. The zero-order valence-corrected chi connectivity index (χ0v) is 18.5. The Morgan fingerprint density at radius 3 is 2.33 bits per heavy atom. The molecule has 7 heteroatoms. The molecule has 4 rings (SSSR count). The molecule has 1 aromatic heterocycles. The van der Waals surface area contributed by atoms with Gasteiger partial charge < -0.3 is 14.6 Å². The minimum atomic E-state index is -1.71. The summed E-state index contributed by atoms with van der Waals surface area (Å²) in [5.74, 6) is -0.398. The number of nitrogens with one attached hydrogen (secondary N) is 1. The van der Waals surface area contributed by atoms with Gasteiger partial charge in [0.15, 0.2) is 5.69 Å². The quantitative estimate of drug-likeness (QED) is 0.570. The molecule has 1 atom stereocenters. The molecule has 2 aromatic carbocycles. The molecule has 2 amide bonds. The van der Waals surface area contributed by atoms with Gasteiger partial charge in [0.05, 0.1) is 0 Å². The molecule has 0 aliphatic carbocycles. The molecule has 0 spiro atoms. The van der Waals surface area contributed by atoms with Crippen molar-refractivity contribution in [1.82, 2.24) is 15.2 Å². The Morgan fingerprint density at radius 2 is 1.64 bits per heavy atom. The summed E-state index contributed by atoms with van der Waals surface area (Å²) in [5, 5.41) is 2.62. The normalized spacial score (nSPS) is 15.4. The molecule has 0 saturated carbocycles. The van der Waals surface area contributed by atoms with Crippen molar-refractivity contribution in [2.45, 2.75) is 44.8 Å². The lowest BCUT2D eigenvalue weighted by Crippen LogP contribution is -2.34. The summed E-state index contributed by atoms with van der Waals surface area (Å²) in [6.07, 6.45) is 5.28. The van der Waals surface area contributed by atoms with Gasteiger partial charge in [0.2, 0.25) is 12.1 Å². The zero-order chi connectivity index (χ0) is 23.0. The molecule has 1 aliphatic heterocycles. The van der Waals surface area contributed by atoms with Gasteiger partial charge in [0.25, 0.3) is 11.8 Å². The van der Waals surface area contributed by atoms with E-state index >= 15 is 0 Å². The summed E-state index contributed by atoms with van der Waals surface area (Å²) >= 11 is 0. The van der Waals surface area contributed by atoms with Crippen LogP contribution < -0.4 is 5.32 Å². The molecule has 6 nitrogen and oxygen atoms in total. The third-order valence-corrected chi connectivity index (χ3v) is 5.86. The first-order valence-corrected chi connectivity index (χ1v) is 11.4. The number of carbonyl (C=O) groups is 2. The Bertz CT molecular complexity index is 1060. The Balaban J connectivity index is 1.34. The van der Waals surface area contributed by atoms with E-state index in [2.05, 4.69) is 10.3 Å². The lowest BCUT2D eigenvalue weighted by atomic mass is 10.1. The largest absolute Gasteiger partial charge is 0.444 e. The summed E-state index contributed by atoms with van der Waals surface area (Å²) in [6.45, 7) is 1.72. The summed E-state index contributed by atoms with van der Waals surface area (Å²) < 4.78 is 19.9. The number of rotatable bonds is 6. The SMILES string of the molecule is O=C(NCc1ccc(-c2nc(C(=O)N3CCCCCCC3)co2)cc1)C(F)c1ccccc1. The van der Waals surface area contributed by atoms with Crippen LogP contribution in [-0.4, -0.2) is 34.8 Å². The molecule has 33 heavy (non-hydrogen) atoms.